The minimum Gasteiger partial charge on any atom is -0.388 e. The van der Waals surface area contributed by atoms with Crippen LogP contribution >= 0.6 is 23.1 Å². The number of hydrogen-bond acceptors (Lipinski definition) is 6. The molecule has 2 N–H and O–H groups in total. The van der Waals surface area contributed by atoms with Crippen LogP contribution in [0.15, 0.2) is 11.4 Å². The van der Waals surface area contributed by atoms with Gasteiger partial charge in [-0.3, -0.25) is 10.1 Å². The maximum atomic E-state index is 10.5. The standard InChI is InChI=1S/C10H16N2O3S2/c1-10(13,7-16-2)6-11-4-8-3-9(12(14)15)17-5-8/h3,5,11,13H,4,6-7H2,1-2H3. The first-order chi connectivity index (χ1) is 7.94. The van der Waals surface area contributed by atoms with Crippen molar-refractivity contribution in [3.63, 3.8) is 0 Å². The van der Waals surface area contributed by atoms with E-state index in [9.17, 15) is 15.2 Å². The van der Waals surface area contributed by atoms with Crippen LogP contribution in [0.3, 0.4) is 0 Å². The van der Waals surface area contributed by atoms with Crippen molar-refractivity contribution < 1.29 is 10.0 Å². The SMILES string of the molecule is CSCC(C)(O)CNCc1csc([N+](=O)[O-])c1. The molecule has 1 atom stereocenters. The van der Waals surface area contributed by atoms with Crippen LogP contribution in [0.4, 0.5) is 5.00 Å². The fourth-order valence-electron chi connectivity index (χ4n) is 1.39. The van der Waals surface area contributed by atoms with E-state index in [-0.39, 0.29) is 5.00 Å². The number of nitrogens with zero attached hydrogens (tertiary/aromatic N) is 1. The number of nitro groups is 1. The summed E-state index contributed by atoms with van der Waals surface area (Å²) in [5, 5.41) is 25.4. The van der Waals surface area contributed by atoms with Crippen LogP contribution in [0.2, 0.25) is 0 Å². The molecule has 0 radical (unpaired) electrons. The Morgan fingerprint density at radius 2 is 2.41 bits per heavy atom. The molecule has 7 heteroatoms. The summed E-state index contributed by atoms with van der Waals surface area (Å²) in [6, 6.07) is 1.56. The van der Waals surface area contributed by atoms with Crippen molar-refractivity contribution >= 4 is 28.1 Å². The van der Waals surface area contributed by atoms with Crippen LogP contribution in [0, 0.1) is 10.1 Å². The quantitative estimate of drug-likeness (QED) is 0.587. The Hall–Kier alpha value is -0.630. The van der Waals surface area contributed by atoms with Crippen LogP contribution in [-0.4, -0.2) is 34.2 Å². The van der Waals surface area contributed by atoms with Crippen LogP contribution < -0.4 is 5.32 Å². The Kier molecular flexibility index (Phi) is 5.38. The number of rotatable bonds is 7. The van der Waals surface area contributed by atoms with E-state index in [1.807, 2.05) is 6.26 Å². The van der Waals surface area contributed by atoms with Crippen molar-refractivity contribution in [1.82, 2.24) is 5.32 Å². The molecule has 17 heavy (non-hydrogen) atoms. The summed E-state index contributed by atoms with van der Waals surface area (Å²) in [5.41, 5.74) is 0.128. The number of thioether (sulfide) groups is 1. The van der Waals surface area contributed by atoms with Crippen LogP contribution in [0.1, 0.15) is 12.5 Å². The molecule has 1 unspecified atom stereocenters. The highest BCUT2D eigenvalue weighted by Gasteiger charge is 2.19. The van der Waals surface area contributed by atoms with E-state index < -0.39 is 10.5 Å². The lowest BCUT2D eigenvalue weighted by molar-refractivity contribution is -0.380. The molecule has 1 heterocycles. The minimum absolute atomic E-state index is 0.151. The molecule has 0 aromatic carbocycles. The van der Waals surface area contributed by atoms with Crippen LogP contribution in [0.25, 0.3) is 0 Å². The molecule has 0 fully saturated rings. The van der Waals surface area contributed by atoms with Gasteiger partial charge >= 0.3 is 5.00 Å². The van der Waals surface area contributed by atoms with E-state index >= 15 is 0 Å². The van der Waals surface area contributed by atoms with Gasteiger partial charge in [-0.15, -0.1) is 0 Å². The third-order valence-corrected chi connectivity index (χ3v) is 3.95. The maximum absolute atomic E-state index is 10.5. The van der Waals surface area contributed by atoms with Crippen molar-refractivity contribution in [3.8, 4) is 0 Å². The summed E-state index contributed by atoms with van der Waals surface area (Å²) in [5.74, 6) is 0.657. The number of nitrogens with one attached hydrogen (secondary N) is 1. The molecule has 0 aliphatic carbocycles. The van der Waals surface area contributed by atoms with E-state index in [1.165, 1.54) is 0 Å². The van der Waals surface area contributed by atoms with Gasteiger partial charge in [0.25, 0.3) is 0 Å². The predicted molar refractivity (Wildman–Crippen MR) is 71.7 cm³/mol. The van der Waals surface area contributed by atoms with Crippen molar-refractivity contribution in [3.05, 3.63) is 27.1 Å². The Morgan fingerprint density at radius 1 is 1.71 bits per heavy atom. The summed E-state index contributed by atoms with van der Waals surface area (Å²) in [6.45, 7) is 2.78. The Morgan fingerprint density at radius 3 is 2.94 bits per heavy atom. The van der Waals surface area contributed by atoms with Crippen molar-refractivity contribution in [2.75, 3.05) is 18.6 Å². The highest BCUT2D eigenvalue weighted by molar-refractivity contribution is 7.98. The highest BCUT2D eigenvalue weighted by Crippen LogP contribution is 2.22. The third-order valence-electron chi connectivity index (χ3n) is 2.11. The highest BCUT2D eigenvalue weighted by atomic mass is 32.2. The topological polar surface area (TPSA) is 75.4 Å². The van der Waals surface area contributed by atoms with Gasteiger partial charge in [0.2, 0.25) is 0 Å². The van der Waals surface area contributed by atoms with Gasteiger partial charge in [-0.1, -0.05) is 11.3 Å². The van der Waals surface area contributed by atoms with Crippen LogP contribution in [-0.2, 0) is 6.54 Å². The smallest absolute Gasteiger partial charge is 0.324 e. The molecule has 96 valence electrons. The van der Waals surface area contributed by atoms with Gasteiger partial charge in [0.1, 0.15) is 0 Å². The fraction of sp³-hybridized carbons (Fsp3) is 0.600. The van der Waals surface area contributed by atoms with Gasteiger partial charge in [-0.05, 0) is 18.7 Å². The molecular weight excluding hydrogens is 260 g/mol. The number of aliphatic hydroxyl groups is 1. The molecule has 0 spiro atoms. The molecule has 1 rings (SSSR count). The minimum atomic E-state index is -0.749. The molecule has 1 aromatic rings. The van der Waals surface area contributed by atoms with Crippen molar-refractivity contribution in [2.24, 2.45) is 0 Å². The first kappa shape index (κ1) is 14.4. The van der Waals surface area contributed by atoms with E-state index in [2.05, 4.69) is 5.32 Å². The van der Waals surface area contributed by atoms with Gasteiger partial charge in [-0.2, -0.15) is 11.8 Å². The Labute approximate surface area is 108 Å². The third kappa shape index (κ3) is 5.03. The van der Waals surface area contributed by atoms with Gasteiger partial charge < -0.3 is 10.4 Å². The second-order valence-electron chi connectivity index (χ2n) is 4.08. The van der Waals surface area contributed by atoms with Gasteiger partial charge in [0.15, 0.2) is 0 Å². The summed E-state index contributed by atoms with van der Waals surface area (Å²) in [6.07, 6.45) is 1.94. The summed E-state index contributed by atoms with van der Waals surface area (Å²) < 4.78 is 0. The molecule has 5 nitrogen and oxygen atoms in total. The van der Waals surface area contributed by atoms with E-state index in [0.717, 1.165) is 16.9 Å². The molecular formula is C10H16N2O3S2. The van der Waals surface area contributed by atoms with E-state index in [0.29, 0.717) is 18.8 Å². The summed E-state index contributed by atoms with van der Waals surface area (Å²) >= 11 is 2.71. The molecule has 0 bridgehead atoms. The molecule has 1 aromatic heterocycles. The predicted octanol–water partition coefficient (Wildman–Crippen LogP) is 1.86. The number of hydrogen-bond donors (Lipinski definition) is 2. The first-order valence-corrected chi connectivity index (χ1v) is 7.36. The zero-order chi connectivity index (χ0) is 12.9. The molecule has 0 saturated carbocycles. The zero-order valence-corrected chi connectivity index (χ0v) is 11.4. The normalized spacial score (nSPS) is 14.5. The average Bonchev–Trinajstić information content (AvgIpc) is 2.66. The molecule has 0 saturated heterocycles. The molecule has 0 aliphatic rings. The van der Waals surface area contributed by atoms with E-state index in [1.54, 1.807) is 30.1 Å². The molecule has 0 amide bonds. The lowest BCUT2D eigenvalue weighted by atomic mass is 10.1. The summed E-state index contributed by atoms with van der Waals surface area (Å²) in [7, 11) is 0. The van der Waals surface area contributed by atoms with Crippen LogP contribution in [0.5, 0.6) is 0 Å². The van der Waals surface area contributed by atoms with Crippen molar-refractivity contribution in [1.29, 1.82) is 0 Å². The lowest BCUT2D eigenvalue weighted by Crippen LogP contribution is -2.39. The average molecular weight is 276 g/mol. The number of thiophene rings is 1. The monoisotopic (exact) mass is 276 g/mol. The van der Waals surface area contributed by atoms with Gasteiger partial charge in [0.05, 0.1) is 10.5 Å². The Bertz CT molecular complexity index is 379. The second-order valence-corrected chi connectivity index (χ2v) is 5.84. The largest absolute Gasteiger partial charge is 0.388 e. The first-order valence-electron chi connectivity index (χ1n) is 5.08. The summed E-state index contributed by atoms with van der Waals surface area (Å²) in [4.78, 5) is 10.1. The maximum Gasteiger partial charge on any atom is 0.324 e. The lowest BCUT2D eigenvalue weighted by Gasteiger charge is -2.22. The van der Waals surface area contributed by atoms with Gasteiger partial charge in [-0.25, -0.2) is 0 Å². The molecule has 0 aliphatic heterocycles. The Balaban J connectivity index is 2.38. The van der Waals surface area contributed by atoms with E-state index in [4.69, 9.17) is 0 Å². The second kappa shape index (κ2) is 6.34. The van der Waals surface area contributed by atoms with Gasteiger partial charge in [0, 0.05) is 30.3 Å². The zero-order valence-electron chi connectivity index (χ0n) is 9.80. The van der Waals surface area contributed by atoms with Crippen molar-refractivity contribution in [2.45, 2.75) is 19.1 Å². The fourth-order valence-corrected chi connectivity index (χ4v) is 2.84.